The molecule has 0 aliphatic carbocycles. The van der Waals surface area contributed by atoms with Crippen LogP contribution in [-0.4, -0.2) is 62.0 Å². The Hall–Kier alpha value is -0.860. The number of carbonyl (C=O) groups is 1. The standard InChI is InChI=1S/C9H14F3N3O2/c10-9(11,12)8-14-5-6(17-8)7(16)15-3-1-13-2-4-15/h6,8,13-14H,1-5H2. The zero-order chi connectivity index (χ0) is 12.5. The maximum Gasteiger partial charge on any atom is 0.428 e. The highest BCUT2D eigenvalue weighted by molar-refractivity contribution is 5.81. The van der Waals surface area contributed by atoms with Gasteiger partial charge in [-0.1, -0.05) is 0 Å². The number of halogens is 3. The number of ether oxygens (including phenoxy) is 1. The zero-order valence-electron chi connectivity index (χ0n) is 9.09. The van der Waals surface area contributed by atoms with Crippen LogP contribution >= 0.6 is 0 Å². The summed E-state index contributed by atoms with van der Waals surface area (Å²) in [6, 6.07) is 0. The van der Waals surface area contributed by atoms with Crippen LogP contribution < -0.4 is 10.6 Å². The van der Waals surface area contributed by atoms with Crippen molar-refractivity contribution >= 4 is 5.91 Å². The Bertz CT molecular complexity index is 292. The van der Waals surface area contributed by atoms with Gasteiger partial charge in [0.15, 0.2) is 6.10 Å². The Morgan fingerprint density at radius 3 is 2.47 bits per heavy atom. The van der Waals surface area contributed by atoms with E-state index in [1.807, 2.05) is 0 Å². The molecule has 0 aromatic rings. The topological polar surface area (TPSA) is 53.6 Å². The van der Waals surface area contributed by atoms with Gasteiger partial charge in [0.2, 0.25) is 6.23 Å². The van der Waals surface area contributed by atoms with Crippen molar-refractivity contribution in [3.05, 3.63) is 0 Å². The number of nitrogens with one attached hydrogen (secondary N) is 2. The van der Waals surface area contributed by atoms with Gasteiger partial charge >= 0.3 is 6.18 Å². The molecule has 98 valence electrons. The minimum atomic E-state index is -4.47. The van der Waals surface area contributed by atoms with Gasteiger partial charge in [0.1, 0.15) is 0 Å². The molecule has 1 amide bonds. The molecule has 0 aromatic carbocycles. The van der Waals surface area contributed by atoms with Crippen LogP contribution in [-0.2, 0) is 9.53 Å². The molecule has 2 heterocycles. The molecule has 2 saturated heterocycles. The summed E-state index contributed by atoms with van der Waals surface area (Å²) in [6.45, 7) is 2.25. The summed E-state index contributed by atoms with van der Waals surface area (Å²) < 4.78 is 41.6. The predicted octanol–water partition coefficient (Wildman–Crippen LogP) is -0.705. The maximum atomic E-state index is 12.3. The monoisotopic (exact) mass is 253 g/mol. The summed E-state index contributed by atoms with van der Waals surface area (Å²) in [5.74, 6) is -0.370. The van der Waals surface area contributed by atoms with E-state index in [2.05, 4.69) is 10.6 Å². The van der Waals surface area contributed by atoms with E-state index in [1.54, 1.807) is 0 Å². The van der Waals surface area contributed by atoms with Gasteiger partial charge < -0.3 is 15.0 Å². The quantitative estimate of drug-likeness (QED) is 0.648. The largest absolute Gasteiger partial charge is 0.428 e. The maximum absolute atomic E-state index is 12.3. The van der Waals surface area contributed by atoms with Crippen molar-refractivity contribution in [2.75, 3.05) is 32.7 Å². The lowest BCUT2D eigenvalue weighted by Gasteiger charge is -2.29. The van der Waals surface area contributed by atoms with Crippen LogP contribution in [0.2, 0.25) is 0 Å². The van der Waals surface area contributed by atoms with Gasteiger partial charge in [-0.05, 0) is 0 Å². The molecule has 2 unspecified atom stereocenters. The average Bonchev–Trinajstić information content (AvgIpc) is 2.78. The SMILES string of the molecule is O=C(C1CNC(C(F)(F)F)O1)N1CCNCC1. The number of hydrogen-bond donors (Lipinski definition) is 2. The molecule has 2 fully saturated rings. The van der Waals surface area contributed by atoms with Crippen LogP contribution in [0.5, 0.6) is 0 Å². The minimum absolute atomic E-state index is 0.0903. The van der Waals surface area contributed by atoms with E-state index in [0.717, 1.165) is 0 Å². The summed E-state index contributed by atoms with van der Waals surface area (Å²) in [6.07, 6.45) is -7.53. The number of amides is 1. The van der Waals surface area contributed by atoms with E-state index in [-0.39, 0.29) is 12.5 Å². The third-order valence-corrected chi connectivity index (χ3v) is 2.79. The first-order valence-corrected chi connectivity index (χ1v) is 5.43. The molecular weight excluding hydrogens is 239 g/mol. The van der Waals surface area contributed by atoms with Crippen molar-refractivity contribution in [3.8, 4) is 0 Å². The Morgan fingerprint density at radius 1 is 1.29 bits per heavy atom. The van der Waals surface area contributed by atoms with E-state index in [4.69, 9.17) is 4.74 Å². The lowest BCUT2D eigenvalue weighted by atomic mass is 10.2. The van der Waals surface area contributed by atoms with Crippen LogP contribution in [0.25, 0.3) is 0 Å². The van der Waals surface area contributed by atoms with Crippen molar-refractivity contribution < 1.29 is 22.7 Å². The van der Waals surface area contributed by atoms with Crippen molar-refractivity contribution in [2.24, 2.45) is 0 Å². The van der Waals surface area contributed by atoms with Crippen molar-refractivity contribution in [2.45, 2.75) is 18.5 Å². The van der Waals surface area contributed by atoms with E-state index in [9.17, 15) is 18.0 Å². The highest BCUT2D eigenvalue weighted by Crippen LogP contribution is 2.25. The molecule has 2 N–H and O–H groups in total. The lowest BCUT2D eigenvalue weighted by molar-refractivity contribution is -0.221. The molecular formula is C9H14F3N3O2. The Balaban J connectivity index is 1.89. The number of nitrogens with zero attached hydrogens (tertiary/aromatic N) is 1. The molecule has 5 nitrogen and oxygen atoms in total. The summed E-state index contributed by atoms with van der Waals surface area (Å²) >= 11 is 0. The van der Waals surface area contributed by atoms with Crippen LogP contribution in [0.15, 0.2) is 0 Å². The summed E-state index contributed by atoms with van der Waals surface area (Å²) in [4.78, 5) is 13.4. The molecule has 2 aliphatic rings. The van der Waals surface area contributed by atoms with Gasteiger partial charge in [-0.15, -0.1) is 0 Å². The molecule has 2 aliphatic heterocycles. The molecule has 0 radical (unpaired) electrons. The fourth-order valence-electron chi connectivity index (χ4n) is 1.90. The van der Waals surface area contributed by atoms with Crippen LogP contribution in [0.1, 0.15) is 0 Å². The number of alkyl halides is 3. The molecule has 0 aromatic heterocycles. The minimum Gasteiger partial charge on any atom is -0.339 e. The van der Waals surface area contributed by atoms with Crippen molar-refractivity contribution in [1.82, 2.24) is 15.5 Å². The van der Waals surface area contributed by atoms with Gasteiger partial charge in [-0.3, -0.25) is 10.1 Å². The van der Waals surface area contributed by atoms with Crippen LogP contribution in [0.3, 0.4) is 0 Å². The second-order valence-electron chi connectivity index (χ2n) is 4.03. The normalized spacial score (nSPS) is 30.6. The van der Waals surface area contributed by atoms with Gasteiger partial charge in [0.25, 0.3) is 5.91 Å². The Kier molecular flexibility index (Phi) is 3.55. The van der Waals surface area contributed by atoms with E-state index in [0.29, 0.717) is 26.2 Å². The fourth-order valence-corrected chi connectivity index (χ4v) is 1.90. The highest BCUT2D eigenvalue weighted by atomic mass is 19.4. The smallest absolute Gasteiger partial charge is 0.339 e. The number of hydrogen-bond acceptors (Lipinski definition) is 4. The molecule has 8 heteroatoms. The number of carbonyl (C=O) groups excluding carboxylic acids is 1. The van der Waals surface area contributed by atoms with Gasteiger partial charge in [-0.25, -0.2) is 0 Å². The number of rotatable bonds is 1. The van der Waals surface area contributed by atoms with Gasteiger partial charge in [0, 0.05) is 32.7 Å². The third-order valence-electron chi connectivity index (χ3n) is 2.79. The van der Waals surface area contributed by atoms with Crippen molar-refractivity contribution in [1.29, 1.82) is 0 Å². The lowest BCUT2D eigenvalue weighted by Crippen LogP contribution is -2.50. The predicted molar refractivity (Wildman–Crippen MR) is 52.2 cm³/mol. The summed E-state index contributed by atoms with van der Waals surface area (Å²) in [5, 5.41) is 5.22. The second kappa shape index (κ2) is 4.79. The first-order chi connectivity index (χ1) is 7.98. The second-order valence-corrected chi connectivity index (χ2v) is 4.03. The molecule has 2 rings (SSSR count). The summed E-state index contributed by atoms with van der Waals surface area (Å²) in [7, 11) is 0. The van der Waals surface area contributed by atoms with Crippen LogP contribution in [0, 0.1) is 0 Å². The zero-order valence-corrected chi connectivity index (χ0v) is 9.09. The van der Waals surface area contributed by atoms with Crippen molar-refractivity contribution in [3.63, 3.8) is 0 Å². The van der Waals surface area contributed by atoms with Crippen LogP contribution in [0.4, 0.5) is 13.2 Å². The van der Waals surface area contributed by atoms with E-state index < -0.39 is 18.5 Å². The Labute approximate surface area is 96.3 Å². The Morgan fingerprint density at radius 2 is 1.94 bits per heavy atom. The highest BCUT2D eigenvalue weighted by Gasteiger charge is 2.47. The van der Waals surface area contributed by atoms with Gasteiger partial charge in [-0.2, -0.15) is 13.2 Å². The number of piperazine rings is 1. The first-order valence-electron chi connectivity index (χ1n) is 5.43. The van der Waals surface area contributed by atoms with E-state index >= 15 is 0 Å². The van der Waals surface area contributed by atoms with Gasteiger partial charge in [0.05, 0.1) is 0 Å². The molecule has 0 bridgehead atoms. The fraction of sp³-hybridized carbons (Fsp3) is 0.889. The molecule has 0 saturated carbocycles. The molecule has 17 heavy (non-hydrogen) atoms. The average molecular weight is 253 g/mol. The third kappa shape index (κ3) is 2.88. The molecule has 2 atom stereocenters. The first kappa shape index (κ1) is 12.6. The van der Waals surface area contributed by atoms with E-state index in [1.165, 1.54) is 4.90 Å². The summed E-state index contributed by atoms with van der Waals surface area (Å²) in [5.41, 5.74) is 0. The molecule has 0 spiro atoms.